The smallest absolute Gasteiger partial charge is 0.459 e. The molecule has 0 aliphatic carbocycles. The molecule has 0 radical (unpaired) electrons. The number of ether oxygens (including phenoxy) is 1. The summed E-state index contributed by atoms with van der Waals surface area (Å²) in [6.07, 6.45) is -4.22. The predicted molar refractivity (Wildman–Crippen MR) is 84.5 cm³/mol. The molecule has 2 rings (SSSR count). The number of esters is 1. The molecule has 0 bridgehead atoms. The molecule has 1 aromatic carbocycles. The minimum absolute atomic E-state index is 0.0405. The summed E-state index contributed by atoms with van der Waals surface area (Å²) < 4.78 is 43.7. The first-order valence-corrected chi connectivity index (χ1v) is 8.03. The third-order valence-corrected chi connectivity index (χ3v) is 4.17. The topological polar surface area (TPSA) is 49.9 Å². The number of carbonyl (C=O) groups is 2. The molecule has 0 saturated carbocycles. The molecule has 0 atom stereocenters. The van der Waals surface area contributed by atoms with Crippen molar-refractivity contribution < 1.29 is 27.5 Å². The number of hydrogen-bond donors (Lipinski definition) is 0. The van der Waals surface area contributed by atoms with Crippen LogP contribution >= 0.6 is 0 Å². The standard InChI is InChI=1S/C17H21F3N2O3/c1-21-9-7-14(8-10-21)22(16(24)17(18,19)20)11-15(23)25-12-13-5-3-2-4-6-13/h2-6,14H,7-12H2,1H3. The van der Waals surface area contributed by atoms with Crippen LogP contribution in [0, 0.1) is 0 Å². The van der Waals surface area contributed by atoms with Crippen molar-refractivity contribution in [2.24, 2.45) is 0 Å². The molecule has 138 valence electrons. The number of hydrogen-bond acceptors (Lipinski definition) is 4. The van der Waals surface area contributed by atoms with Crippen LogP contribution in [0.3, 0.4) is 0 Å². The van der Waals surface area contributed by atoms with E-state index in [9.17, 15) is 22.8 Å². The Bertz CT molecular complexity index is 585. The highest BCUT2D eigenvalue weighted by Gasteiger charge is 2.45. The summed E-state index contributed by atoms with van der Waals surface area (Å²) in [7, 11) is 1.86. The number of amides is 1. The second-order valence-electron chi connectivity index (χ2n) is 6.11. The third kappa shape index (κ3) is 5.74. The molecule has 0 N–H and O–H groups in total. The fourth-order valence-corrected chi connectivity index (χ4v) is 2.76. The SMILES string of the molecule is CN1CCC(N(CC(=O)OCc2ccccc2)C(=O)C(F)(F)F)CC1. The molecule has 1 aliphatic rings. The van der Waals surface area contributed by atoms with E-state index in [0.29, 0.717) is 30.8 Å². The van der Waals surface area contributed by atoms with E-state index in [2.05, 4.69) is 0 Å². The highest BCUT2D eigenvalue weighted by atomic mass is 19.4. The monoisotopic (exact) mass is 358 g/mol. The van der Waals surface area contributed by atoms with Gasteiger partial charge in [0.25, 0.3) is 0 Å². The summed E-state index contributed by atoms with van der Waals surface area (Å²) in [6.45, 7) is 0.414. The van der Waals surface area contributed by atoms with Gasteiger partial charge >= 0.3 is 18.1 Å². The Balaban J connectivity index is 1.99. The molecule has 1 fully saturated rings. The van der Waals surface area contributed by atoms with Crippen molar-refractivity contribution in [1.29, 1.82) is 0 Å². The molecular weight excluding hydrogens is 337 g/mol. The summed E-state index contributed by atoms with van der Waals surface area (Å²) in [5.41, 5.74) is 0.726. The largest absolute Gasteiger partial charge is 0.471 e. The van der Waals surface area contributed by atoms with Crippen LogP contribution in [0.25, 0.3) is 0 Å². The van der Waals surface area contributed by atoms with Crippen LogP contribution in [0.2, 0.25) is 0 Å². The maximum Gasteiger partial charge on any atom is 0.471 e. The lowest BCUT2D eigenvalue weighted by Gasteiger charge is -2.36. The maximum absolute atomic E-state index is 12.9. The van der Waals surface area contributed by atoms with Gasteiger partial charge in [0.05, 0.1) is 0 Å². The number of rotatable bonds is 5. The lowest BCUT2D eigenvalue weighted by molar-refractivity contribution is -0.190. The molecule has 0 spiro atoms. The zero-order chi connectivity index (χ0) is 18.4. The molecule has 0 unspecified atom stereocenters. The van der Waals surface area contributed by atoms with Gasteiger partial charge in [0, 0.05) is 6.04 Å². The Morgan fingerprint density at radius 3 is 2.36 bits per heavy atom. The Morgan fingerprint density at radius 1 is 1.20 bits per heavy atom. The van der Waals surface area contributed by atoms with Crippen LogP contribution in [0.1, 0.15) is 18.4 Å². The molecule has 1 aliphatic heterocycles. The third-order valence-electron chi connectivity index (χ3n) is 4.17. The zero-order valence-corrected chi connectivity index (χ0v) is 14.0. The van der Waals surface area contributed by atoms with E-state index in [1.165, 1.54) is 0 Å². The van der Waals surface area contributed by atoms with Gasteiger partial charge in [-0.05, 0) is 38.5 Å². The summed E-state index contributed by atoms with van der Waals surface area (Å²) in [6, 6.07) is 8.19. The maximum atomic E-state index is 12.9. The second kappa shape index (κ2) is 8.33. The number of nitrogens with zero attached hydrogens (tertiary/aromatic N) is 2. The van der Waals surface area contributed by atoms with Crippen LogP contribution in [0.4, 0.5) is 13.2 Å². The Kier molecular flexibility index (Phi) is 6.41. The van der Waals surface area contributed by atoms with Crippen LogP contribution in [0.15, 0.2) is 30.3 Å². The van der Waals surface area contributed by atoms with Crippen molar-refractivity contribution in [2.75, 3.05) is 26.7 Å². The number of piperidine rings is 1. The quantitative estimate of drug-likeness (QED) is 0.758. The van der Waals surface area contributed by atoms with Gasteiger partial charge in [-0.15, -0.1) is 0 Å². The molecule has 1 saturated heterocycles. The summed E-state index contributed by atoms with van der Waals surface area (Å²) >= 11 is 0. The Hall–Kier alpha value is -2.09. The molecule has 1 heterocycles. The van der Waals surface area contributed by atoms with Crippen LogP contribution in [-0.2, 0) is 20.9 Å². The van der Waals surface area contributed by atoms with E-state index >= 15 is 0 Å². The minimum Gasteiger partial charge on any atom is -0.459 e. The number of carbonyl (C=O) groups excluding carboxylic acids is 2. The first-order chi connectivity index (χ1) is 11.8. The van der Waals surface area contributed by atoms with Gasteiger partial charge in [0.2, 0.25) is 0 Å². The molecule has 5 nitrogen and oxygen atoms in total. The van der Waals surface area contributed by atoms with Gasteiger partial charge in [-0.3, -0.25) is 9.59 Å². The summed E-state index contributed by atoms with van der Waals surface area (Å²) in [5.74, 6) is -2.83. The van der Waals surface area contributed by atoms with Crippen LogP contribution < -0.4 is 0 Å². The zero-order valence-electron chi connectivity index (χ0n) is 14.0. The molecule has 25 heavy (non-hydrogen) atoms. The number of halogens is 3. The van der Waals surface area contributed by atoms with Crippen molar-refractivity contribution in [3.05, 3.63) is 35.9 Å². The highest BCUT2D eigenvalue weighted by Crippen LogP contribution is 2.24. The normalized spacial score (nSPS) is 16.5. The molecular formula is C17H21F3N2O3. The summed E-state index contributed by atoms with van der Waals surface area (Å²) in [5, 5.41) is 0. The van der Waals surface area contributed by atoms with Gasteiger partial charge in [-0.2, -0.15) is 13.2 Å². The highest BCUT2D eigenvalue weighted by molar-refractivity contribution is 5.86. The van der Waals surface area contributed by atoms with Gasteiger partial charge in [0.15, 0.2) is 0 Å². The second-order valence-corrected chi connectivity index (χ2v) is 6.11. The van der Waals surface area contributed by atoms with Gasteiger partial charge in [-0.25, -0.2) is 0 Å². The van der Waals surface area contributed by atoms with Crippen molar-refractivity contribution in [1.82, 2.24) is 9.80 Å². The van der Waals surface area contributed by atoms with E-state index in [0.717, 1.165) is 5.56 Å². The first kappa shape index (κ1) is 19.2. The van der Waals surface area contributed by atoms with Crippen molar-refractivity contribution in [3.8, 4) is 0 Å². The van der Waals surface area contributed by atoms with E-state index in [1.54, 1.807) is 30.3 Å². The fourth-order valence-electron chi connectivity index (χ4n) is 2.76. The number of alkyl halides is 3. The molecule has 0 aromatic heterocycles. The lowest BCUT2D eigenvalue weighted by Crippen LogP contribution is -2.52. The van der Waals surface area contributed by atoms with Gasteiger partial charge in [0.1, 0.15) is 13.2 Å². The average molecular weight is 358 g/mol. The number of benzene rings is 1. The van der Waals surface area contributed by atoms with Crippen LogP contribution in [0.5, 0.6) is 0 Å². The van der Waals surface area contributed by atoms with Crippen molar-refractivity contribution in [3.63, 3.8) is 0 Å². The fraction of sp³-hybridized carbons (Fsp3) is 0.529. The van der Waals surface area contributed by atoms with Gasteiger partial charge in [-0.1, -0.05) is 30.3 Å². The summed E-state index contributed by atoms with van der Waals surface area (Å²) in [4.78, 5) is 26.3. The predicted octanol–water partition coefficient (Wildman–Crippen LogP) is 2.21. The van der Waals surface area contributed by atoms with Crippen molar-refractivity contribution >= 4 is 11.9 Å². The van der Waals surface area contributed by atoms with E-state index < -0.39 is 30.6 Å². The van der Waals surface area contributed by atoms with Gasteiger partial charge < -0.3 is 14.5 Å². The van der Waals surface area contributed by atoms with E-state index in [1.807, 2.05) is 11.9 Å². The van der Waals surface area contributed by atoms with E-state index in [4.69, 9.17) is 4.74 Å². The van der Waals surface area contributed by atoms with Crippen LogP contribution in [-0.4, -0.2) is 60.6 Å². The Labute approximate surface area is 144 Å². The lowest BCUT2D eigenvalue weighted by atomic mass is 10.0. The first-order valence-electron chi connectivity index (χ1n) is 8.03. The molecule has 8 heteroatoms. The van der Waals surface area contributed by atoms with E-state index in [-0.39, 0.29) is 6.61 Å². The number of likely N-dealkylation sites (tertiary alicyclic amines) is 1. The molecule has 1 amide bonds. The average Bonchev–Trinajstić information content (AvgIpc) is 2.58. The van der Waals surface area contributed by atoms with Crippen molar-refractivity contribution in [2.45, 2.75) is 31.7 Å². The Morgan fingerprint density at radius 2 is 1.80 bits per heavy atom. The minimum atomic E-state index is -5.01. The molecule has 1 aromatic rings.